The molecule has 1 aromatic rings. The van der Waals surface area contributed by atoms with E-state index in [9.17, 15) is 20.1 Å². The summed E-state index contributed by atoms with van der Waals surface area (Å²) < 4.78 is 0. The van der Waals surface area contributed by atoms with Crippen LogP contribution in [0.15, 0.2) is 6.07 Å². The molecule has 0 saturated heterocycles. The Morgan fingerprint density at radius 2 is 1.89 bits per heavy atom. The van der Waals surface area contributed by atoms with Crippen molar-refractivity contribution >= 4 is 5.78 Å². The fourth-order valence-corrected chi connectivity index (χ4v) is 2.94. The number of ketones is 1. The van der Waals surface area contributed by atoms with Crippen LogP contribution < -0.4 is 0 Å². The van der Waals surface area contributed by atoms with Gasteiger partial charge in [0.25, 0.3) is 0 Å². The lowest BCUT2D eigenvalue weighted by molar-refractivity contribution is -0.145. The molecule has 3 N–H and O–H groups in total. The Labute approximate surface area is 112 Å². The van der Waals surface area contributed by atoms with E-state index in [1.54, 1.807) is 26.8 Å². The van der Waals surface area contributed by atoms with Gasteiger partial charge >= 0.3 is 0 Å². The number of carbonyl (C=O) groups excluding carboxylic acids is 1. The molecule has 0 saturated carbocycles. The van der Waals surface area contributed by atoms with E-state index >= 15 is 0 Å². The molecule has 4 heteroatoms. The number of Topliss-reactive ketones (excluding diaryl/α,β-unsaturated/α-hetero) is 1. The second-order valence-corrected chi connectivity index (χ2v) is 5.80. The summed E-state index contributed by atoms with van der Waals surface area (Å²) in [5.41, 5.74) is -0.215. The molecule has 0 aromatic heterocycles. The van der Waals surface area contributed by atoms with Crippen LogP contribution in [0.1, 0.15) is 49.8 Å². The maximum absolute atomic E-state index is 12.2. The zero-order valence-corrected chi connectivity index (χ0v) is 11.7. The number of phenols is 2. The molecule has 1 aliphatic carbocycles. The number of carbonyl (C=O) groups is 1. The van der Waals surface area contributed by atoms with Crippen LogP contribution in [0.5, 0.6) is 11.5 Å². The van der Waals surface area contributed by atoms with Gasteiger partial charge in [-0.05, 0) is 36.0 Å². The SMILES string of the molecule is Cc1cc2c(c(O)c1O)[C@H](C)CC(=O)[C@@]2(O)C(C)C. The van der Waals surface area contributed by atoms with E-state index in [1.165, 1.54) is 0 Å². The lowest BCUT2D eigenvalue weighted by Gasteiger charge is -2.39. The van der Waals surface area contributed by atoms with E-state index in [0.717, 1.165) is 0 Å². The lowest BCUT2D eigenvalue weighted by Crippen LogP contribution is -2.45. The van der Waals surface area contributed by atoms with Crippen molar-refractivity contribution in [3.05, 3.63) is 22.8 Å². The molecule has 2 atom stereocenters. The lowest BCUT2D eigenvalue weighted by atomic mass is 9.68. The van der Waals surface area contributed by atoms with Crippen LogP contribution in [0.3, 0.4) is 0 Å². The van der Waals surface area contributed by atoms with Crippen molar-refractivity contribution in [3.8, 4) is 11.5 Å². The topological polar surface area (TPSA) is 77.8 Å². The van der Waals surface area contributed by atoms with Crippen molar-refractivity contribution in [2.75, 3.05) is 0 Å². The van der Waals surface area contributed by atoms with Gasteiger partial charge in [-0.2, -0.15) is 0 Å². The minimum absolute atomic E-state index is 0.164. The summed E-state index contributed by atoms with van der Waals surface area (Å²) in [6, 6.07) is 1.61. The third kappa shape index (κ3) is 1.74. The highest BCUT2D eigenvalue weighted by atomic mass is 16.3. The van der Waals surface area contributed by atoms with Gasteiger partial charge in [-0.3, -0.25) is 4.79 Å². The second-order valence-electron chi connectivity index (χ2n) is 5.80. The van der Waals surface area contributed by atoms with Crippen molar-refractivity contribution in [2.45, 2.75) is 45.6 Å². The molecule has 1 aromatic carbocycles. The van der Waals surface area contributed by atoms with E-state index < -0.39 is 5.60 Å². The number of benzene rings is 1. The van der Waals surface area contributed by atoms with Crippen LogP contribution in [-0.2, 0) is 10.4 Å². The van der Waals surface area contributed by atoms with Gasteiger partial charge < -0.3 is 15.3 Å². The minimum atomic E-state index is -1.59. The highest BCUT2D eigenvalue weighted by molar-refractivity contribution is 5.92. The van der Waals surface area contributed by atoms with Crippen LogP contribution in [-0.4, -0.2) is 21.1 Å². The first-order valence-electron chi connectivity index (χ1n) is 6.52. The van der Waals surface area contributed by atoms with Gasteiger partial charge in [0.15, 0.2) is 22.9 Å². The Bertz CT molecular complexity index is 548. The average molecular weight is 264 g/mol. The summed E-state index contributed by atoms with van der Waals surface area (Å²) in [5.74, 6) is -1.13. The monoisotopic (exact) mass is 264 g/mol. The van der Waals surface area contributed by atoms with Gasteiger partial charge in [0.1, 0.15) is 0 Å². The molecular formula is C15H20O4. The first kappa shape index (κ1) is 13.9. The Hall–Kier alpha value is -1.55. The van der Waals surface area contributed by atoms with Gasteiger partial charge in [0, 0.05) is 12.0 Å². The molecule has 0 fully saturated rings. The molecule has 4 nitrogen and oxygen atoms in total. The number of aliphatic hydroxyl groups is 1. The third-order valence-electron chi connectivity index (χ3n) is 4.16. The molecule has 0 bridgehead atoms. The molecule has 0 radical (unpaired) electrons. The number of hydrogen-bond acceptors (Lipinski definition) is 4. The zero-order valence-electron chi connectivity index (χ0n) is 11.7. The van der Waals surface area contributed by atoms with E-state index in [-0.39, 0.29) is 35.5 Å². The Balaban J connectivity index is 2.82. The normalized spacial score (nSPS) is 26.6. The number of hydrogen-bond donors (Lipinski definition) is 3. The predicted molar refractivity (Wildman–Crippen MR) is 71.3 cm³/mol. The summed E-state index contributed by atoms with van der Waals surface area (Å²) in [4.78, 5) is 12.2. The summed E-state index contributed by atoms with van der Waals surface area (Å²) in [7, 11) is 0. The second kappa shape index (κ2) is 4.23. The Kier molecular flexibility index (Phi) is 3.09. The van der Waals surface area contributed by atoms with Crippen LogP contribution in [0, 0.1) is 12.8 Å². The number of fused-ring (bicyclic) bond motifs is 1. The Morgan fingerprint density at radius 3 is 2.42 bits per heavy atom. The average Bonchev–Trinajstić information content (AvgIpc) is 2.32. The molecular weight excluding hydrogens is 244 g/mol. The van der Waals surface area contributed by atoms with Gasteiger partial charge in [-0.15, -0.1) is 0 Å². The highest BCUT2D eigenvalue weighted by Gasteiger charge is 2.48. The summed E-state index contributed by atoms with van der Waals surface area (Å²) in [6.45, 7) is 7.00. The van der Waals surface area contributed by atoms with Gasteiger partial charge in [0.2, 0.25) is 0 Å². The van der Waals surface area contributed by atoms with Gasteiger partial charge in [0.05, 0.1) is 0 Å². The standard InChI is InChI=1S/C15H20O4/c1-7(2)15(19)10-5-9(4)13(17)14(18)12(10)8(3)6-11(15)16/h5,7-8,17-19H,6H2,1-4H3/t8-,15-/m1/s1. The van der Waals surface area contributed by atoms with Crippen molar-refractivity contribution in [1.82, 2.24) is 0 Å². The molecule has 104 valence electrons. The van der Waals surface area contributed by atoms with Gasteiger partial charge in [-0.25, -0.2) is 0 Å². The van der Waals surface area contributed by atoms with Crippen LogP contribution >= 0.6 is 0 Å². The number of aryl methyl sites for hydroxylation is 1. The number of aromatic hydroxyl groups is 2. The largest absolute Gasteiger partial charge is 0.504 e. The van der Waals surface area contributed by atoms with Crippen molar-refractivity contribution < 1.29 is 20.1 Å². The first-order chi connectivity index (χ1) is 8.71. The molecule has 0 heterocycles. The van der Waals surface area contributed by atoms with E-state index in [4.69, 9.17) is 0 Å². The third-order valence-corrected chi connectivity index (χ3v) is 4.16. The number of rotatable bonds is 1. The van der Waals surface area contributed by atoms with Crippen LogP contribution in [0.25, 0.3) is 0 Å². The number of phenolic OH excluding ortho intramolecular Hbond substituents is 2. The molecule has 0 unspecified atom stereocenters. The summed E-state index contributed by atoms with van der Waals surface area (Å²) in [5, 5.41) is 30.7. The maximum atomic E-state index is 12.2. The van der Waals surface area contributed by atoms with E-state index in [0.29, 0.717) is 16.7 Å². The molecule has 0 amide bonds. The van der Waals surface area contributed by atoms with Crippen molar-refractivity contribution in [3.63, 3.8) is 0 Å². The fraction of sp³-hybridized carbons (Fsp3) is 0.533. The Morgan fingerprint density at radius 1 is 1.32 bits per heavy atom. The molecule has 1 aliphatic rings. The maximum Gasteiger partial charge on any atom is 0.169 e. The summed E-state index contributed by atoms with van der Waals surface area (Å²) >= 11 is 0. The molecule has 0 aliphatic heterocycles. The van der Waals surface area contributed by atoms with Crippen LogP contribution in [0.4, 0.5) is 0 Å². The van der Waals surface area contributed by atoms with Crippen molar-refractivity contribution in [1.29, 1.82) is 0 Å². The quantitative estimate of drug-likeness (QED) is 0.680. The smallest absolute Gasteiger partial charge is 0.169 e. The minimum Gasteiger partial charge on any atom is -0.504 e. The van der Waals surface area contributed by atoms with E-state index in [1.807, 2.05) is 6.92 Å². The first-order valence-corrected chi connectivity index (χ1v) is 6.52. The zero-order chi connectivity index (χ0) is 14.5. The molecule has 2 rings (SSSR count). The fourth-order valence-electron chi connectivity index (χ4n) is 2.94. The van der Waals surface area contributed by atoms with Gasteiger partial charge in [-0.1, -0.05) is 20.8 Å². The summed E-state index contributed by atoms with van der Waals surface area (Å²) in [6.07, 6.45) is 0.164. The molecule has 0 spiro atoms. The van der Waals surface area contributed by atoms with E-state index in [2.05, 4.69) is 0 Å². The predicted octanol–water partition coefficient (Wildman–Crippen LogP) is 2.33. The highest BCUT2D eigenvalue weighted by Crippen LogP contribution is 2.49. The molecule has 19 heavy (non-hydrogen) atoms. The van der Waals surface area contributed by atoms with Crippen molar-refractivity contribution in [2.24, 2.45) is 5.92 Å². The van der Waals surface area contributed by atoms with Crippen LogP contribution in [0.2, 0.25) is 0 Å².